The molecule has 1 fully saturated rings. The predicted octanol–water partition coefficient (Wildman–Crippen LogP) is 1.68. The van der Waals surface area contributed by atoms with Crippen LogP contribution in [-0.4, -0.2) is 43.5 Å². The van der Waals surface area contributed by atoms with Crippen molar-refractivity contribution < 1.29 is 8.42 Å². The molecular formula is C11H23NO2S2. The van der Waals surface area contributed by atoms with Gasteiger partial charge in [-0.2, -0.15) is 11.8 Å². The van der Waals surface area contributed by atoms with Crippen LogP contribution in [0.4, 0.5) is 0 Å². The van der Waals surface area contributed by atoms with Crippen LogP contribution in [-0.2, 0) is 9.84 Å². The summed E-state index contributed by atoms with van der Waals surface area (Å²) in [7, 11) is -2.84. The molecule has 5 heteroatoms. The van der Waals surface area contributed by atoms with Crippen LogP contribution in [0.25, 0.3) is 0 Å². The number of nitrogens with one attached hydrogen (secondary N) is 1. The highest BCUT2D eigenvalue weighted by atomic mass is 32.2. The Hall–Kier alpha value is 0.260. The Morgan fingerprint density at radius 2 is 1.88 bits per heavy atom. The number of thioether (sulfide) groups is 1. The SMILES string of the molecule is CC(C)(CCS(C)(=O)=O)NC1CCSCC1. The molecule has 96 valence electrons. The molecule has 0 aromatic carbocycles. The summed E-state index contributed by atoms with van der Waals surface area (Å²) in [6.07, 6.45) is 4.40. The summed E-state index contributed by atoms with van der Waals surface area (Å²) < 4.78 is 22.3. The van der Waals surface area contributed by atoms with Gasteiger partial charge < -0.3 is 5.32 Å². The van der Waals surface area contributed by atoms with Crippen molar-refractivity contribution >= 4 is 21.6 Å². The minimum absolute atomic E-state index is 0.0737. The normalized spacial score (nSPS) is 19.9. The van der Waals surface area contributed by atoms with E-state index in [1.165, 1.54) is 30.6 Å². The minimum atomic E-state index is -2.84. The fourth-order valence-corrected chi connectivity index (χ4v) is 3.89. The van der Waals surface area contributed by atoms with E-state index in [9.17, 15) is 8.42 Å². The number of rotatable bonds is 5. The summed E-state index contributed by atoms with van der Waals surface area (Å²) in [6, 6.07) is 0.566. The van der Waals surface area contributed by atoms with Crippen molar-refractivity contribution in [3.63, 3.8) is 0 Å². The van der Waals surface area contributed by atoms with Crippen molar-refractivity contribution in [1.82, 2.24) is 5.32 Å². The molecule has 1 aliphatic heterocycles. The molecule has 0 unspecified atom stereocenters. The predicted molar refractivity (Wildman–Crippen MR) is 71.9 cm³/mol. The zero-order valence-corrected chi connectivity index (χ0v) is 12.1. The van der Waals surface area contributed by atoms with Gasteiger partial charge in [0.2, 0.25) is 0 Å². The topological polar surface area (TPSA) is 46.2 Å². The van der Waals surface area contributed by atoms with Gasteiger partial charge in [0.1, 0.15) is 9.84 Å². The average Bonchev–Trinajstić information content (AvgIpc) is 2.15. The molecular weight excluding hydrogens is 242 g/mol. The molecule has 0 saturated carbocycles. The van der Waals surface area contributed by atoms with Crippen LogP contribution in [0.1, 0.15) is 33.1 Å². The fourth-order valence-electron chi connectivity index (χ4n) is 1.91. The fraction of sp³-hybridized carbons (Fsp3) is 1.00. The Morgan fingerprint density at radius 3 is 2.38 bits per heavy atom. The van der Waals surface area contributed by atoms with E-state index in [0.29, 0.717) is 12.5 Å². The quantitative estimate of drug-likeness (QED) is 0.821. The third-order valence-electron chi connectivity index (χ3n) is 2.91. The molecule has 0 atom stereocenters. The third kappa shape index (κ3) is 6.11. The highest BCUT2D eigenvalue weighted by Crippen LogP contribution is 2.20. The van der Waals surface area contributed by atoms with Gasteiger partial charge in [-0.3, -0.25) is 0 Å². The first-order valence-electron chi connectivity index (χ1n) is 5.82. The van der Waals surface area contributed by atoms with E-state index in [0.717, 1.165) is 0 Å². The van der Waals surface area contributed by atoms with Crippen LogP contribution >= 0.6 is 11.8 Å². The summed E-state index contributed by atoms with van der Waals surface area (Å²) in [5.41, 5.74) is -0.0737. The Bertz CT molecular complexity index is 306. The van der Waals surface area contributed by atoms with Crippen molar-refractivity contribution in [2.24, 2.45) is 0 Å². The van der Waals surface area contributed by atoms with Crippen molar-refractivity contribution in [3.8, 4) is 0 Å². The Morgan fingerprint density at radius 1 is 1.31 bits per heavy atom. The van der Waals surface area contributed by atoms with Crippen molar-refractivity contribution in [1.29, 1.82) is 0 Å². The number of hydrogen-bond donors (Lipinski definition) is 1. The van der Waals surface area contributed by atoms with Gasteiger partial charge in [0.05, 0.1) is 5.75 Å². The molecule has 1 rings (SSSR count). The molecule has 16 heavy (non-hydrogen) atoms. The standard InChI is InChI=1S/C11H23NO2S2/c1-11(2,6-9-16(3,13)14)12-10-4-7-15-8-5-10/h10,12H,4-9H2,1-3H3. The summed E-state index contributed by atoms with van der Waals surface area (Å²) in [5.74, 6) is 2.72. The van der Waals surface area contributed by atoms with E-state index in [1.807, 2.05) is 11.8 Å². The first-order valence-corrected chi connectivity index (χ1v) is 9.03. The molecule has 0 radical (unpaired) electrons. The smallest absolute Gasteiger partial charge is 0.147 e. The average molecular weight is 265 g/mol. The lowest BCUT2D eigenvalue weighted by molar-refractivity contribution is 0.312. The first kappa shape index (κ1) is 14.3. The van der Waals surface area contributed by atoms with Crippen LogP contribution in [0.5, 0.6) is 0 Å². The Kier molecular flexibility index (Phi) is 5.13. The molecule has 0 bridgehead atoms. The highest BCUT2D eigenvalue weighted by Gasteiger charge is 2.24. The monoisotopic (exact) mass is 265 g/mol. The van der Waals surface area contributed by atoms with Gasteiger partial charge in [0.25, 0.3) is 0 Å². The maximum atomic E-state index is 11.1. The van der Waals surface area contributed by atoms with Crippen LogP contribution in [0, 0.1) is 0 Å². The second-order valence-electron chi connectivity index (χ2n) is 5.29. The highest BCUT2D eigenvalue weighted by molar-refractivity contribution is 7.99. The van der Waals surface area contributed by atoms with E-state index < -0.39 is 9.84 Å². The lowest BCUT2D eigenvalue weighted by Gasteiger charge is -2.33. The lowest BCUT2D eigenvalue weighted by atomic mass is 9.98. The third-order valence-corrected chi connectivity index (χ3v) is 4.91. The van der Waals surface area contributed by atoms with Gasteiger partial charge in [-0.05, 0) is 44.6 Å². The molecule has 1 aliphatic rings. The second-order valence-corrected chi connectivity index (χ2v) is 8.78. The molecule has 1 saturated heterocycles. The van der Waals surface area contributed by atoms with E-state index in [1.54, 1.807) is 0 Å². The van der Waals surface area contributed by atoms with Crippen molar-refractivity contribution in [2.45, 2.75) is 44.7 Å². The van der Waals surface area contributed by atoms with Crippen molar-refractivity contribution in [2.75, 3.05) is 23.5 Å². The molecule has 1 N–H and O–H groups in total. The van der Waals surface area contributed by atoms with Gasteiger partial charge in [0, 0.05) is 17.8 Å². The molecule has 0 amide bonds. The summed E-state index contributed by atoms with van der Waals surface area (Å²) in [4.78, 5) is 0. The van der Waals surface area contributed by atoms with E-state index in [-0.39, 0.29) is 11.3 Å². The summed E-state index contributed by atoms with van der Waals surface area (Å²) >= 11 is 2.01. The summed E-state index contributed by atoms with van der Waals surface area (Å²) in [5, 5.41) is 3.59. The maximum absolute atomic E-state index is 11.1. The molecule has 0 spiro atoms. The number of hydrogen-bond acceptors (Lipinski definition) is 4. The van der Waals surface area contributed by atoms with Gasteiger partial charge in [-0.25, -0.2) is 8.42 Å². The van der Waals surface area contributed by atoms with Gasteiger partial charge >= 0.3 is 0 Å². The zero-order valence-electron chi connectivity index (χ0n) is 10.5. The second kappa shape index (κ2) is 5.74. The Labute approximate surface area is 104 Å². The van der Waals surface area contributed by atoms with Crippen molar-refractivity contribution in [3.05, 3.63) is 0 Å². The van der Waals surface area contributed by atoms with Gasteiger partial charge in [-0.1, -0.05) is 0 Å². The van der Waals surface area contributed by atoms with E-state index in [4.69, 9.17) is 0 Å². The first-order chi connectivity index (χ1) is 7.29. The maximum Gasteiger partial charge on any atom is 0.147 e. The molecule has 1 heterocycles. The van der Waals surface area contributed by atoms with Gasteiger partial charge in [-0.15, -0.1) is 0 Å². The van der Waals surface area contributed by atoms with E-state index >= 15 is 0 Å². The van der Waals surface area contributed by atoms with Crippen LogP contribution in [0.3, 0.4) is 0 Å². The Balaban J connectivity index is 2.37. The van der Waals surface area contributed by atoms with Crippen LogP contribution < -0.4 is 5.32 Å². The van der Waals surface area contributed by atoms with Crippen LogP contribution in [0.2, 0.25) is 0 Å². The molecule has 0 aliphatic carbocycles. The lowest BCUT2D eigenvalue weighted by Crippen LogP contribution is -2.48. The number of sulfone groups is 1. The van der Waals surface area contributed by atoms with Crippen LogP contribution in [0.15, 0.2) is 0 Å². The zero-order chi connectivity index (χ0) is 12.2. The van der Waals surface area contributed by atoms with Gasteiger partial charge in [0.15, 0.2) is 0 Å². The molecule has 3 nitrogen and oxygen atoms in total. The molecule has 0 aromatic heterocycles. The summed E-state index contributed by atoms with van der Waals surface area (Å²) in [6.45, 7) is 4.19. The van der Waals surface area contributed by atoms with E-state index in [2.05, 4.69) is 19.2 Å². The minimum Gasteiger partial charge on any atom is -0.309 e. The molecule has 0 aromatic rings. The largest absolute Gasteiger partial charge is 0.309 e.